The minimum Gasteiger partial charge on any atom is -0.497 e. The lowest BCUT2D eigenvalue weighted by molar-refractivity contribution is -0.114. The zero-order chi connectivity index (χ0) is 24.6. The van der Waals surface area contributed by atoms with Gasteiger partial charge in [-0.25, -0.2) is 4.99 Å². The molecule has 3 aromatic rings. The van der Waals surface area contributed by atoms with Gasteiger partial charge in [-0.3, -0.25) is 14.2 Å². The summed E-state index contributed by atoms with van der Waals surface area (Å²) in [6.45, 7) is 3.34. The second kappa shape index (κ2) is 9.30. The number of hydrogen-bond acceptors (Lipinski definition) is 7. The highest BCUT2D eigenvalue weighted by molar-refractivity contribution is 7.07. The molecule has 34 heavy (non-hydrogen) atoms. The van der Waals surface area contributed by atoms with Gasteiger partial charge in [0, 0.05) is 42.7 Å². The summed E-state index contributed by atoms with van der Waals surface area (Å²) in [5.41, 5.74) is 3.60. The maximum absolute atomic E-state index is 13.6. The van der Waals surface area contributed by atoms with Crippen molar-refractivity contribution in [2.24, 2.45) is 4.99 Å². The van der Waals surface area contributed by atoms with Crippen molar-refractivity contribution in [3.63, 3.8) is 0 Å². The average molecular weight is 478 g/mol. The van der Waals surface area contributed by atoms with Crippen LogP contribution in [0.3, 0.4) is 0 Å². The SMILES string of the molecule is COc1ccc(C=c2sc3n(c2=O)C(c2ccc(N(C)C)cc2)C(C(C)=O)=C(C)N=3)c(OC)c1. The van der Waals surface area contributed by atoms with E-state index < -0.39 is 6.04 Å². The number of thiazole rings is 1. The molecule has 1 aromatic heterocycles. The molecule has 0 aliphatic carbocycles. The van der Waals surface area contributed by atoms with E-state index in [0.29, 0.717) is 32.1 Å². The Morgan fingerprint density at radius 1 is 1.12 bits per heavy atom. The number of fused-ring (bicyclic) bond motifs is 1. The van der Waals surface area contributed by atoms with E-state index >= 15 is 0 Å². The Bertz CT molecular complexity index is 1460. The van der Waals surface area contributed by atoms with Crippen LogP contribution in [-0.4, -0.2) is 38.7 Å². The van der Waals surface area contributed by atoms with E-state index in [4.69, 9.17) is 9.47 Å². The second-order valence-electron chi connectivity index (χ2n) is 8.23. The molecule has 4 rings (SSSR count). The van der Waals surface area contributed by atoms with Crippen LogP contribution in [0.4, 0.5) is 5.69 Å². The van der Waals surface area contributed by atoms with Gasteiger partial charge in [-0.1, -0.05) is 23.5 Å². The van der Waals surface area contributed by atoms with Crippen LogP contribution in [0.5, 0.6) is 11.5 Å². The Morgan fingerprint density at radius 3 is 2.41 bits per heavy atom. The first-order valence-electron chi connectivity index (χ1n) is 10.8. The zero-order valence-corrected chi connectivity index (χ0v) is 20.9. The zero-order valence-electron chi connectivity index (χ0n) is 20.1. The number of anilines is 1. The first-order valence-corrected chi connectivity index (χ1v) is 11.6. The van der Waals surface area contributed by atoms with E-state index in [2.05, 4.69) is 4.99 Å². The van der Waals surface area contributed by atoms with Crippen LogP contribution in [0.1, 0.15) is 31.0 Å². The lowest BCUT2D eigenvalue weighted by atomic mass is 9.93. The fraction of sp³-hybridized carbons (Fsp3) is 0.269. The maximum atomic E-state index is 13.6. The molecule has 0 fully saturated rings. The third-order valence-electron chi connectivity index (χ3n) is 5.85. The van der Waals surface area contributed by atoms with Crippen molar-refractivity contribution in [3.05, 3.63) is 84.5 Å². The van der Waals surface area contributed by atoms with Gasteiger partial charge in [0.15, 0.2) is 10.6 Å². The Balaban J connectivity index is 1.93. The number of allylic oxidation sites excluding steroid dienone is 2. The van der Waals surface area contributed by atoms with E-state index in [1.807, 2.05) is 62.3 Å². The van der Waals surface area contributed by atoms with Gasteiger partial charge in [0.25, 0.3) is 5.56 Å². The third-order valence-corrected chi connectivity index (χ3v) is 6.84. The van der Waals surface area contributed by atoms with E-state index in [1.54, 1.807) is 30.9 Å². The predicted molar refractivity (Wildman–Crippen MR) is 135 cm³/mol. The highest BCUT2D eigenvalue weighted by Gasteiger charge is 2.30. The quantitative estimate of drug-likeness (QED) is 0.546. The first-order chi connectivity index (χ1) is 16.2. The summed E-state index contributed by atoms with van der Waals surface area (Å²) in [5, 5.41) is 0. The molecule has 1 aliphatic heterocycles. The molecule has 1 aliphatic rings. The normalized spacial score (nSPS) is 15.6. The van der Waals surface area contributed by atoms with Crippen LogP contribution in [0.2, 0.25) is 0 Å². The minimum atomic E-state index is -0.537. The van der Waals surface area contributed by atoms with Crippen LogP contribution in [0, 0.1) is 0 Å². The largest absolute Gasteiger partial charge is 0.497 e. The number of aromatic nitrogens is 1. The molecule has 0 N–H and O–H groups in total. The Hall–Kier alpha value is -3.65. The highest BCUT2D eigenvalue weighted by Crippen LogP contribution is 2.31. The molecule has 1 unspecified atom stereocenters. The molecule has 0 spiro atoms. The summed E-state index contributed by atoms with van der Waals surface area (Å²) in [5.74, 6) is 1.16. The number of rotatable bonds is 6. The molecule has 8 heteroatoms. The van der Waals surface area contributed by atoms with E-state index in [-0.39, 0.29) is 11.3 Å². The molecule has 176 valence electrons. The molecule has 0 saturated heterocycles. The maximum Gasteiger partial charge on any atom is 0.271 e. The van der Waals surface area contributed by atoms with Crippen molar-refractivity contribution in [1.82, 2.24) is 4.57 Å². The molecule has 0 amide bonds. The summed E-state index contributed by atoms with van der Waals surface area (Å²) in [6.07, 6.45) is 1.79. The van der Waals surface area contributed by atoms with Gasteiger partial charge in [-0.2, -0.15) is 0 Å². The molecule has 0 bridgehead atoms. The lowest BCUT2D eigenvalue weighted by Crippen LogP contribution is -2.39. The van der Waals surface area contributed by atoms with Crippen LogP contribution in [-0.2, 0) is 4.79 Å². The summed E-state index contributed by atoms with van der Waals surface area (Å²) in [6, 6.07) is 12.8. The van der Waals surface area contributed by atoms with Gasteiger partial charge in [0.05, 0.1) is 24.8 Å². The van der Waals surface area contributed by atoms with Crippen LogP contribution >= 0.6 is 11.3 Å². The summed E-state index contributed by atoms with van der Waals surface area (Å²) in [7, 11) is 7.10. The van der Waals surface area contributed by atoms with Crippen molar-refractivity contribution in [3.8, 4) is 11.5 Å². The average Bonchev–Trinajstić information content (AvgIpc) is 3.12. The second-order valence-corrected chi connectivity index (χ2v) is 9.24. The van der Waals surface area contributed by atoms with E-state index in [9.17, 15) is 9.59 Å². The molecular formula is C26H27N3O4S. The Morgan fingerprint density at radius 2 is 1.82 bits per heavy atom. The predicted octanol–water partition coefficient (Wildman–Crippen LogP) is 2.91. The van der Waals surface area contributed by atoms with Gasteiger partial charge in [0.2, 0.25) is 0 Å². The number of nitrogens with zero attached hydrogens (tertiary/aromatic N) is 3. The molecule has 0 radical (unpaired) electrons. The number of carbonyl (C=O) groups is 1. The van der Waals surface area contributed by atoms with Crippen molar-refractivity contribution >= 4 is 28.9 Å². The number of Topliss-reactive ketones (excluding diaryl/α,β-unsaturated/α-hetero) is 1. The van der Waals surface area contributed by atoms with Gasteiger partial charge in [-0.15, -0.1) is 0 Å². The number of methoxy groups -OCH3 is 2. The molecule has 2 heterocycles. The van der Waals surface area contributed by atoms with Gasteiger partial charge in [0.1, 0.15) is 11.5 Å². The molecular weight excluding hydrogens is 450 g/mol. The monoisotopic (exact) mass is 477 g/mol. The number of ether oxygens (including phenoxy) is 2. The summed E-state index contributed by atoms with van der Waals surface area (Å²) >= 11 is 1.30. The van der Waals surface area contributed by atoms with Gasteiger partial charge < -0.3 is 14.4 Å². The molecule has 2 aromatic carbocycles. The fourth-order valence-corrected chi connectivity index (χ4v) is 5.16. The minimum absolute atomic E-state index is 0.103. The van der Waals surface area contributed by atoms with Gasteiger partial charge in [-0.05, 0) is 49.8 Å². The van der Waals surface area contributed by atoms with Crippen molar-refractivity contribution in [2.45, 2.75) is 19.9 Å². The van der Waals surface area contributed by atoms with Crippen LogP contribution in [0.15, 0.2) is 63.5 Å². The molecule has 0 saturated carbocycles. The third kappa shape index (κ3) is 4.17. The Kier molecular flexibility index (Phi) is 6.43. The van der Waals surface area contributed by atoms with Gasteiger partial charge >= 0.3 is 0 Å². The summed E-state index contributed by atoms with van der Waals surface area (Å²) < 4.78 is 12.9. The summed E-state index contributed by atoms with van der Waals surface area (Å²) in [4.78, 5) is 33.5. The standard InChI is InChI=1S/C26H27N3O4S/c1-15-23(16(2)30)24(17-7-10-19(11-8-17)28(3)4)29-25(31)22(34-26(29)27-15)13-18-9-12-20(32-5)14-21(18)33-6/h7-14,24H,1-6H3. The topological polar surface area (TPSA) is 73.1 Å². The van der Waals surface area contributed by atoms with Crippen molar-refractivity contribution in [2.75, 3.05) is 33.2 Å². The lowest BCUT2D eigenvalue weighted by Gasteiger charge is -2.25. The highest BCUT2D eigenvalue weighted by atomic mass is 32.1. The Labute approximate surface area is 201 Å². The van der Waals surface area contributed by atoms with E-state index in [0.717, 1.165) is 16.8 Å². The van der Waals surface area contributed by atoms with Crippen molar-refractivity contribution in [1.29, 1.82) is 0 Å². The fourth-order valence-electron chi connectivity index (χ4n) is 4.12. The molecule has 1 atom stereocenters. The number of hydrogen-bond donors (Lipinski definition) is 0. The van der Waals surface area contributed by atoms with Crippen molar-refractivity contribution < 1.29 is 14.3 Å². The van der Waals surface area contributed by atoms with E-state index in [1.165, 1.54) is 18.3 Å². The number of benzene rings is 2. The number of carbonyl (C=O) groups excluding carboxylic acids is 1. The van der Waals surface area contributed by atoms with Crippen LogP contribution in [0.25, 0.3) is 6.08 Å². The van der Waals surface area contributed by atoms with Crippen LogP contribution < -0.4 is 29.3 Å². The number of ketones is 1. The smallest absolute Gasteiger partial charge is 0.271 e. The molecule has 7 nitrogen and oxygen atoms in total. The first kappa shape index (κ1) is 23.5.